The summed E-state index contributed by atoms with van der Waals surface area (Å²) in [6, 6.07) is 5.98. The summed E-state index contributed by atoms with van der Waals surface area (Å²) in [5.41, 5.74) is 1.31. The number of hydrogen-bond acceptors (Lipinski definition) is 3. The van der Waals surface area contributed by atoms with Crippen molar-refractivity contribution in [1.82, 2.24) is 0 Å². The molecule has 0 fully saturated rings. The van der Waals surface area contributed by atoms with Crippen molar-refractivity contribution in [1.29, 1.82) is 0 Å². The summed E-state index contributed by atoms with van der Waals surface area (Å²) < 4.78 is 21.4. The lowest BCUT2D eigenvalue weighted by atomic mass is 10.1. The molecule has 0 spiro atoms. The zero-order valence-corrected chi connectivity index (χ0v) is 12.0. The molecule has 94 valence electrons. The van der Waals surface area contributed by atoms with Gasteiger partial charge in [0, 0.05) is 11.1 Å². The Morgan fingerprint density at radius 1 is 1.28 bits per heavy atom. The van der Waals surface area contributed by atoms with Crippen LogP contribution in [0, 0.1) is 0 Å². The monoisotopic (exact) mass is 346 g/mol. The maximum atomic E-state index is 11.3. The molecule has 1 atom stereocenters. The molecule has 0 radical (unpaired) electrons. The van der Waals surface area contributed by atoms with Crippen LogP contribution in [0.1, 0.15) is 10.4 Å². The molecule has 7 heteroatoms. The van der Waals surface area contributed by atoms with Gasteiger partial charge in [-0.05, 0) is 39.5 Å². The molecule has 1 unspecified atom stereocenters. The van der Waals surface area contributed by atoms with Gasteiger partial charge in [0.15, 0.2) is 11.1 Å². The number of rotatable bonds is 3. The van der Waals surface area contributed by atoms with E-state index in [1.807, 2.05) is 5.38 Å². The lowest BCUT2D eigenvalue weighted by molar-refractivity contribution is 0.0696. The summed E-state index contributed by atoms with van der Waals surface area (Å²) in [6.45, 7) is 0. The van der Waals surface area contributed by atoms with Crippen molar-refractivity contribution in [3.05, 3.63) is 39.0 Å². The number of carbonyl (C=O) groups is 1. The highest BCUT2D eigenvalue weighted by atomic mass is 79.9. The van der Waals surface area contributed by atoms with Crippen LogP contribution in [0.2, 0.25) is 0 Å². The quantitative estimate of drug-likeness (QED) is 0.834. The second-order valence-electron chi connectivity index (χ2n) is 3.37. The Kier molecular flexibility index (Phi) is 3.96. The van der Waals surface area contributed by atoms with Crippen molar-refractivity contribution in [2.45, 2.75) is 4.90 Å². The topological polar surface area (TPSA) is 74.6 Å². The fourth-order valence-corrected chi connectivity index (χ4v) is 3.40. The van der Waals surface area contributed by atoms with E-state index in [0.717, 1.165) is 9.35 Å². The number of hydrogen-bond donors (Lipinski definition) is 2. The van der Waals surface area contributed by atoms with Crippen LogP contribution in [-0.2, 0) is 11.1 Å². The number of thiophene rings is 1. The smallest absolute Gasteiger partial charge is 0.335 e. The summed E-state index contributed by atoms with van der Waals surface area (Å²) in [4.78, 5) is 10.9. The van der Waals surface area contributed by atoms with Gasteiger partial charge in [-0.3, -0.25) is 0 Å². The van der Waals surface area contributed by atoms with Gasteiger partial charge in [0.05, 0.1) is 14.2 Å². The van der Waals surface area contributed by atoms with E-state index in [-0.39, 0.29) is 10.5 Å². The van der Waals surface area contributed by atoms with E-state index in [1.54, 1.807) is 12.1 Å². The van der Waals surface area contributed by atoms with Crippen LogP contribution in [0.4, 0.5) is 0 Å². The number of halogens is 1. The normalized spacial score (nSPS) is 12.3. The lowest BCUT2D eigenvalue weighted by Crippen LogP contribution is -2.00. The molecule has 0 bridgehead atoms. The second-order valence-corrected chi connectivity index (χ2v) is 6.55. The highest BCUT2D eigenvalue weighted by molar-refractivity contribution is 9.11. The third kappa shape index (κ3) is 2.54. The molecule has 0 saturated heterocycles. The van der Waals surface area contributed by atoms with Gasteiger partial charge in [-0.1, -0.05) is 6.07 Å². The van der Waals surface area contributed by atoms with E-state index < -0.39 is 17.0 Å². The molecule has 1 aromatic carbocycles. The maximum absolute atomic E-state index is 11.3. The number of aromatic carboxylic acids is 1. The maximum Gasteiger partial charge on any atom is 0.335 e. The molecule has 1 aromatic heterocycles. The first-order chi connectivity index (χ1) is 8.50. The molecule has 0 aliphatic rings. The Morgan fingerprint density at radius 2 is 2.00 bits per heavy atom. The molecule has 4 nitrogen and oxygen atoms in total. The van der Waals surface area contributed by atoms with Crippen LogP contribution >= 0.6 is 27.3 Å². The highest BCUT2D eigenvalue weighted by Gasteiger charge is 2.16. The van der Waals surface area contributed by atoms with Gasteiger partial charge in [0.2, 0.25) is 0 Å². The van der Waals surface area contributed by atoms with Crippen LogP contribution in [0.25, 0.3) is 11.1 Å². The minimum absolute atomic E-state index is 0.0116. The zero-order chi connectivity index (χ0) is 13.3. The molecule has 0 aliphatic carbocycles. The van der Waals surface area contributed by atoms with Crippen molar-refractivity contribution in [3.63, 3.8) is 0 Å². The predicted octanol–water partition coefficient (Wildman–Crippen LogP) is 3.46. The minimum atomic E-state index is -2.24. The zero-order valence-electron chi connectivity index (χ0n) is 8.79. The number of carboxylic acids is 1. The van der Waals surface area contributed by atoms with Crippen LogP contribution in [0.3, 0.4) is 0 Å². The van der Waals surface area contributed by atoms with Crippen LogP contribution in [-0.4, -0.2) is 19.8 Å². The van der Waals surface area contributed by atoms with Crippen molar-refractivity contribution in [2.24, 2.45) is 0 Å². The first-order valence-electron chi connectivity index (χ1n) is 4.72. The molecule has 1 heterocycles. The second kappa shape index (κ2) is 5.31. The molecule has 2 aromatic rings. The first kappa shape index (κ1) is 13.4. The Hall–Kier alpha value is -1.02. The van der Waals surface area contributed by atoms with E-state index in [0.29, 0.717) is 5.56 Å². The van der Waals surface area contributed by atoms with Crippen molar-refractivity contribution in [3.8, 4) is 11.1 Å². The van der Waals surface area contributed by atoms with Crippen LogP contribution in [0.5, 0.6) is 0 Å². The van der Waals surface area contributed by atoms with Gasteiger partial charge >= 0.3 is 5.97 Å². The Balaban J connectivity index is 2.65. The van der Waals surface area contributed by atoms with Crippen molar-refractivity contribution < 1.29 is 18.7 Å². The van der Waals surface area contributed by atoms with E-state index >= 15 is 0 Å². The van der Waals surface area contributed by atoms with Gasteiger partial charge in [-0.2, -0.15) is 0 Å². The van der Waals surface area contributed by atoms with Crippen molar-refractivity contribution in [2.75, 3.05) is 0 Å². The predicted molar refractivity (Wildman–Crippen MR) is 73.5 cm³/mol. The van der Waals surface area contributed by atoms with Gasteiger partial charge in [0.25, 0.3) is 0 Å². The summed E-state index contributed by atoms with van der Waals surface area (Å²) >= 11 is 2.57. The SMILES string of the molecule is O=C(O)c1ccc(-c2ccsc2Br)c(S(=O)O)c1. The first-order valence-corrected chi connectivity index (χ1v) is 7.50. The molecule has 2 N–H and O–H groups in total. The average Bonchev–Trinajstić information content (AvgIpc) is 2.74. The minimum Gasteiger partial charge on any atom is -0.478 e. The number of carboxylic acid groups (broad SMARTS) is 1. The van der Waals surface area contributed by atoms with Gasteiger partial charge in [0.1, 0.15) is 0 Å². The largest absolute Gasteiger partial charge is 0.478 e. The number of benzene rings is 1. The fraction of sp³-hybridized carbons (Fsp3) is 0. The van der Waals surface area contributed by atoms with Gasteiger partial charge < -0.3 is 9.66 Å². The summed E-state index contributed by atoms with van der Waals surface area (Å²) in [7, 11) is 0. The molecule has 2 rings (SSSR count). The fourth-order valence-electron chi connectivity index (χ4n) is 1.51. The summed E-state index contributed by atoms with van der Waals surface area (Å²) in [5, 5.41) is 10.7. The van der Waals surface area contributed by atoms with Crippen LogP contribution < -0.4 is 0 Å². The summed E-state index contributed by atoms with van der Waals surface area (Å²) in [5.74, 6) is -1.13. The molecular formula is C11H7BrO4S2. The summed E-state index contributed by atoms with van der Waals surface area (Å²) in [6.07, 6.45) is 0. The third-order valence-electron chi connectivity index (χ3n) is 2.32. The van der Waals surface area contributed by atoms with Gasteiger partial charge in [-0.25, -0.2) is 9.00 Å². The highest BCUT2D eigenvalue weighted by Crippen LogP contribution is 2.36. The lowest BCUT2D eigenvalue weighted by Gasteiger charge is -2.06. The van der Waals surface area contributed by atoms with Crippen molar-refractivity contribution >= 4 is 44.3 Å². The molecule has 18 heavy (non-hydrogen) atoms. The van der Waals surface area contributed by atoms with E-state index in [9.17, 15) is 13.6 Å². The molecule has 0 saturated carbocycles. The van der Waals surface area contributed by atoms with E-state index in [1.165, 1.54) is 23.5 Å². The van der Waals surface area contributed by atoms with Crippen LogP contribution in [0.15, 0.2) is 38.3 Å². The standard InChI is InChI=1S/C11H7BrO4S2/c12-10-8(3-4-17-10)7-2-1-6(11(13)14)5-9(7)18(15)16/h1-5H,(H,13,14)(H,15,16). The van der Waals surface area contributed by atoms with Gasteiger partial charge in [-0.15, -0.1) is 11.3 Å². The van der Waals surface area contributed by atoms with E-state index in [2.05, 4.69) is 15.9 Å². The van der Waals surface area contributed by atoms with E-state index in [4.69, 9.17) is 5.11 Å². The molecule has 0 aliphatic heterocycles. The molecule has 0 amide bonds. The average molecular weight is 347 g/mol. The Labute approximate surface area is 118 Å². The Morgan fingerprint density at radius 3 is 2.50 bits per heavy atom. The Bertz CT molecular complexity index is 636. The molecular weight excluding hydrogens is 340 g/mol. The third-order valence-corrected chi connectivity index (χ3v) is 4.73.